The van der Waals surface area contributed by atoms with Gasteiger partial charge in [0.1, 0.15) is 11.4 Å². The first-order valence-corrected chi connectivity index (χ1v) is 9.35. The van der Waals surface area contributed by atoms with Crippen LogP contribution in [0.2, 0.25) is 0 Å². The molecule has 1 saturated carbocycles. The number of ketones is 1. The number of aromatic nitrogens is 2. The quantitative estimate of drug-likeness (QED) is 0.686. The first-order chi connectivity index (χ1) is 11.7. The Balaban J connectivity index is 1.94. The van der Waals surface area contributed by atoms with Crippen LogP contribution in [0, 0.1) is 5.92 Å². The Morgan fingerprint density at radius 2 is 2.04 bits per heavy atom. The van der Waals surface area contributed by atoms with Gasteiger partial charge in [0.15, 0.2) is 10.9 Å². The zero-order chi connectivity index (χ0) is 16.7. The average molecular weight is 341 g/mol. The fourth-order valence-corrected chi connectivity index (χ4v) is 4.40. The lowest BCUT2D eigenvalue weighted by Gasteiger charge is -2.28. The smallest absolute Gasteiger partial charge is 0.271 e. The molecule has 1 aromatic heterocycles. The van der Waals surface area contributed by atoms with Gasteiger partial charge in [-0.05, 0) is 30.7 Å². The number of hydrogen-bond acceptors (Lipinski definition) is 5. The lowest BCUT2D eigenvalue weighted by atomic mass is 9.90. The molecule has 1 aliphatic carbocycles. The standard InChI is InChI=1S/C18H19N3O2S/c1-2-24-18-20-16-14(15(22)12-9-6-10-13(12)19-16)17(23)21(18)11-7-4-3-5-8-11/h3-5,7-8,12-13,19H,2,6,9-10H2,1H3. The highest BCUT2D eigenvalue weighted by Gasteiger charge is 2.41. The molecule has 2 unspecified atom stereocenters. The summed E-state index contributed by atoms with van der Waals surface area (Å²) in [5.41, 5.74) is 0.711. The van der Waals surface area contributed by atoms with Gasteiger partial charge >= 0.3 is 0 Å². The maximum absolute atomic E-state index is 13.2. The molecular weight excluding hydrogens is 322 g/mol. The number of carbonyl (C=O) groups is 1. The van der Waals surface area contributed by atoms with E-state index in [-0.39, 0.29) is 28.9 Å². The summed E-state index contributed by atoms with van der Waals surface area (Å²) in [7, 11) is 0. The highest BCUT2D eigenvalue weighted by molar-refractivity contribution is 7.99. The minimum absolute atomic E-state index is 0.0403. The van der Waals surface area contributed by atoms with E-state index in [9.17, 15) is 9.59 Å². The van der Waals surface area contributed by atoms with E-state index in [1.54, 1.807) is 4.57 Å². The molecule has 0 bridgehead atoms. The van der Waals surface area contributed by atoms with Gasteiger partial charge in [-0.3, -0.25) is 14.2 Å². The van der Waals surface area contributed by atoms with Gasteiger partial charge < -0.3 is 5.32 Å². The number of anilines is 1. The topological polar surface area (TPSA) is 64.0 Å². The van der Waals surface area contributed by atoms with Gasteiger partial charge in [0.25, 0.3) is 5.56 Å². The zero-order valence-corrected chi connectivity index (χ0v) is 14.3. The molecule has 2 heterocycles. The predicted octanol–water partition coefficient (Wildman–Crippen LogP) is 3.12. The number of thioether (sulfide) groups is 1. The summed E-state index contributed by atoms with van der Waals surface area (Å²) in [5.74, 6) is 1.15. The third-order valence-corrected chi connectivity index (χ3v) is 5.58. The van der Waals surface area contributed by atoms with Gasteiger partial charge in [0, 0.05) is 12.0 Å². The summed E-state index contributed by atoms with van der Waals surface area (Å²) < 4.78 is 1.57. The molecule has 124 valence electrons. The summed E-state index contributed by atoms with van der Waals surface area (Å²) in [6.07, 6.45) is 2.84. The van der Waals surface area contributed by atoms with Crippen LogP contribution in [0.25, 0.3) is 5.69 Å². The summed E-state index contributed by atoms with van der Waals surface area (Å²) in [5, 5.41) is 3.98. The molecule has 24 heavy (non-hydrogen) atoms. The highest BCUT2D eigenvalue weighted by Crippen LogP contribution is 2.36. The van der Waals surface area contributed by atoms with Crippen molar-refractivity contribution in [3.8, 4) is 5.69 Å². The van der Waals surface area contributed by atoms with Crippen LogP contribution in [0.5, 0.6) is 0 Å². The number of para-hydroxylation sites is 1. The lowest BCUT2D eigenvalue weighted by Crippen LogP contribution is -2.42. The van der Waals surface area contributed by atoms with Crippen LogP contribution in [0.15, 0.2) is 40.3 Å². The molecule has 0 radical (unpaired) electrons. The molecule has 0 amide bonds. The van der Waals surface area contributed by atoms with Gasteiger partial charge in [-0.15, -0.1) is 0 Å². The van der Waals surface area contributed by atoms with E-state index in [2.05, 4.69) is 10.3 Å². The number of benzene rings is 1. The summed E-state index contributed by atoms with van der Waals surface area (Å²) in [4.78, 5) is 30.7. The Hall–Kier alpha value is -2.08. The Labute approximate surface area is 144 Å². The molecule has 2 aliphatic rings. The third kappa shape index (κ3) is 2.36. The molecule has 1 fully saturated rings. The number of Topliss-reactive ketones (excluding diaryl/α,β-unsaturated/α-hetero) is 1. The molecule has 0 saturated heterocycles. The fraction of sp³-hybridized carbons (Fsp3) is 0.389. The number of hydrogen-bond donors (Lipinski definition) is 1. The van der Waals surface area contributed by atoms with Crippen molar-refractivity contribution in [2.45, 2.75) is 37.4 Å². The van der Waals surface area contributed by atoms with Crippen LogP contribution in [-0.4, -0.2) is 27.1 Å². The molecule has 2 aromatic rings. The van der Waals surface area contributed by atoms with Crippen molar-refractivity contribution >= 4 is 23.4 Å². The second kappa shape index (κ2) is 6.09. The van der Waals surface area contributed by atoms with Gasteiger partial charge in [-0.1, -0.05) is 43.3 Å². The SMILES string of the molecule is CCSc1nc2c(c(=O)n1-c1ccccc1)C(=O)C1CCCC1N2. The largest absolute Gasteiger partial charge is 0.366 e. The number of fused-ring (bicyclic) bond motifs is 2. The summed E-state index contributed by atoms with van der Waals surface area (Å²) in [6.45, 7) is 2.02. The minimum atomic E-state index is -0.259. The number of carbonyl (C=O) groups excluding carboxylic acids is 1. The van der Waals surface area contributed by atoms with Crippen molar-refractivity contribution < 1.29 is 4.79 Å². The normalized spacial score (nSPS) is 22.0. The van der Waals surface area contributed by atoms with Crippen molar-refractivity contribution in [2.75, 3.05) is 11.1 Å². The van der Waals surface area contributed by atoms with Crippen LogP contribution in [-0.2, 0) is 0 Å². The van der Waals surface area contributed by atoms with Gasteiger partial charge in [0.05, 0.1) is 5.69 Å². The van der Waals surface area contributed by atoms with Gasteiger partial charge in [0.2, 0.25) is 0 Å². The number of nitrogens with one attached hydrogen (secondary N) is 1. The van der Waals surface area contributed by atoms with Crippen LogP contribution in [0.4, 0.5) is 5.82 Å². The van der Waals surface area contributed by atoms with E-state index in [1.165, 1.54) is 11.8 Å². The third-order valence-electron chi connectivity index (χ3n) is 4.76. The zero-order valence-electron chi connectivity index (χ0n) is 13.5. The maximum Gasteiger partial charge on any atom is 0.271 e. The van der Waals surface area contributed by atoms with Crippen molar-refractivity contribution in [3.63, 3.8) is 0 Å². The molecule has 1 aliphatic heterocycles. The first-order valence-electron chi connectivity index (χ1n) is 8.36. The Bertz CT molecular complexity index is 847. The number of nitrogens with zero attached hydrogens (tertiary/aromatic N) is 2. The molecule has 6 heteroatoms. The maximum atomic E-state index is 13.2. The van der Waals surface area contributed by atoms with Crippen molar-refractivity contribution in [1.82, 2.24) is 9.55 Å². The monoisotopic (exact) mass is 341 g/mol. The van der Waals surface area contributed by atoms with Gasteiger partial charge in [-0.2, -0.15) is 0 Å². The summed E-state index contributed by atoms with van der Waals surface area (Å²) in [6, 6.07) is 9.54. The molecule has 1 N–H and O–H groups in total. The Morgan fingerprint density at radius 1 is 1.25 bits per heavy atom. The van der Waals surface area contributed by atoms with E-state index in [1.807, 2.05) is 37.3 Å². The number of rotatable bonds is 3. The molecule has 5 nitrogen and oxygen atoms in total. The fourth-order valence-electron chi connectivity index (χ4n) is 3.67. The lowest BCUT2D eigenvalue weighted by molar-refractivity contribution is 0.0908. The molecule has 1 aromatic carbocycles. The summed E-state index contributed by atoms with van der Waals surface area (Å²) >= 11 is 1.51. The first kappa shape index (κ1) is 15.4. The van der Waals surface area contributed by atoms with Gasteiger partial charge in [-0.25, -0.2) is 4.98 Å². The highest BCUT2D eigenvalue weighted by atomic mass is 32.2. The van der Waals surface area contributed by atoms with Crippen molar-refractivity contribution in [1.29, 1.82) is 0 Å². The van der Waals surface area contributed by atoms with Crippen LogP contribution in [0.1, 0.15) is 36.5 Å². The molecule has 4 rings (SSSR count). The Morgan fingerprint density at radius 3 is 2.79 bits per heavy atom. The molecule has 2 atom stereocenters. The average Bonchev–Trinajstić information content (AvgIpc) is 3.05. The van der Waals surface area contributed by atoms with Crippen molar-refractivity contribution in [2.24, 2.45) is 5.92 Å². The second-order valence-electron chi connectivity index (χ2n) is 6.18. The Kier molecular flexibility index (Phi) is 3.92. The van der Waals surface area contributed by atoms with E-state index in [0.717, 1.165) is 30.7 Å². The van der Waals surface area contributed by atoms with Crippen LogP contribution < -0.4 is 10.9 Å². The van der Waals surface area contributed by atoms with E-state index in [0.29, 0.717) is 11.0 Å². The van der Waals surface area contributed by atoms with Crippen LogP contribution in [0.3, 0.4) is 0 Å². The van der Waals surface area contributed by atoms with E-state index >= 15 is 0 Å². The predicted molar refractivity (Wildman–Crippen MR) is 95.3 cm³/mol. The van der Waals surface area contributed by atoms with E-state index in [4.69, 9.17) is 0 Å². The van der Waals surface area contributed by atoms with Crippen LogP contribution >= 0.6 is 11.8 Å². The van der Waals surface area contributed by atoms with Crippen molar-refractivity contribution in [3.05, 3.63) is 46.2 Å². The minimum Gasteiger partial charge on any atom is -0.366 e. The molecular formula is C18H19N3O2S. The van der Waals surface area contributed by atoms with E-state index < -0.39 is 0 Å². The molecule has 0 spiro atoms. The second-order valence-corrected chi connectivity index (χ2v) is 7.41.